The normalized spacial score (nSPS) is 12.4. The highest BCUT2D eigenvalue weighted by Crippen LogP contribution is 2.21. The molecule has 1 unspecified atom stereocenters. The number of carbonyl (C=O) groups is 1. The Bertz CT molecular complexity index is 635. The van der Waals surface area contributed by atoms with E-state index >= 15 is 0 Å². The lowest BCUT2D eigenvalue weighted by molar-refractivity contribution is -0.110. The predicted octanol–water partition coefficient (Wildman–Crippen LogP) is 5.37. The molecule has 25 heavy (non-hydrogen) atoms. The zero-order valence-corrected chi connectivity index (χ0v) is 15.8. The van der Waals surface area contributed by atoms with Gasteiger partial charge in [-0.25, -0.2) is 4.98 Å². The summed E-state index contributed by atoms with van der Waals surface area (Å²) in [7, 11) is 0. The maximum atomic E-state index is 10.8. The average Bonchev–Trinajstić information content (AvgIpc) is 2.99. The average molecular weight is 344 g/mol. The monoisotopic (exact) mass is 343 g/mol. The Hall–Kier alpha value is -1.84. The summed E-state index contributed by atoms with van der Waals surface area (Å²) in [6, 6.07) is 8.16. The molecule has 4 nitrogen and oxygen atoms in total. The minimum Gasteiger partial charge on any atom is -0.349 e. The third-order valence-electron chi connectivity index (χ3n) is 4.87. The number of aromatic nitrogens is 2. The molecule has 0 saturated heterocycles. The molecule has 1 aromatic carbocycles. The predicted molar refractivity (Wildman–Crippen MR) is 105 cm³/mol. The van der Waals surface area contributed by atoms with Crippen LogP contribution in [0.5, 0.6) is 0 Å². The van der Waals surface area contributed by atoms with Gasteiger partial charge in [0.15, 0.2) is 0 Å². The molecule has 0 fully saturated rings. The Morgan fingerprint density at radius 3 is 2.36 bits per heavy atom. The first-order valence-corrected chi connectivity index (χ1v) is 9.92. The van der Waals surface area contributed by atoms with Crippen molar-refractivity contribution >= 4 is 17.4 Å². The number of aryl methyl sites for hydroxylation is 1. The summed E-state index contributed by atoms with van der Waals surface area (Å²) in [5.41, 5.74) is 2.17. The van der Waals surface area contributed by atoms with E-state index in [1.54, 1.807) is 0 Å². The van der Waals surface area contributed by atoms with Crippen LogP contribution in [0.2, 0.25) is 0 Å². The Balaban J connectivity index is 1.85. The van der Waals surface area contributed by atoms with Crippen LogP contribution in [0.25, 0.3) is 11.0 Å². The summed E-state index contributed by atoms with van der Waals surface area (Å²) in [6.45, 7) is 5.22. The number of rotatable bonds is 13. The van der Waals surface area contributed by atoms with Crippen molar-refractivity contribution in [2.45, 2.75) is 84.2 Å². The smallest absolute Gasteiger partial charge is 0.207 e. The first-order chi connectivity index (χ1) is 12.3. The molecule has 0 aliphatic carbocycles. The fourth-order valence-electron chi connectivity index (χ4n) is 3.42. The van der Waals surface area contributed by atoms with E-state index in [-0.39, 0.29) is 6.04 Å². The van der Waals surface area contributed by atoms with Crippen LogP contribution < -0.4 is 5.32 Å². The largest absolute Gasteiger partial charge is 0.349 e. The van der Waals surface area contributed by atoms with E-state index in [2.05, 4.69) is 28.9 Å². The number of nitrogens with one attached hydrogen (secondary N) is 1. The number of hydrogen-bond acceptors (Lipinski definition) is 2. The Morgan fingerprint density at radius 2 is 1.68 bits per heavy atom. The summed E-state index contributed by atoms with van der Waals surface area (Å²) in [6.07, 6.45) is 12.7. The SMILES string of the molecule is CCCCCCCCCCCn1c(C(C)NC=O)nc2ccccc21. The van der Waals surface area contributed by atoms with Crippen LogP contribution in [0.4, 0.5) is 0 Å². The van der Waals surface area contributed by atoms with E-state index in [0.29, 0.717) is 0 Å². The van der Waals surface area contributed by atoms with Gasteiger partial charge in [0, 0.05) is 6.54 Å². The first-order valence-electron chi connectivity index (χ1n) is 9.92. The number of nitrogens with zero attached hydrogens (tertiary/aromatic N) is 2. The van der Waals surface area contributed by atoms with Crippen molar-refractivity contribution in [3.63, 3.8) is 0 Å². The lowest BCUT2D eigenvalue weighted by atomic mass is 10.1. The molecule has 138 valence electrons. The minimum atomic E-state index is -0.0662. The van der Waals surface area contributed by atoms with Crippen LogP contribution in [0.1, 0.15) is 83.5 Å². The van der Waals surface area contributed by atoms with Gasteiger partial charge in [-0.2, -0.15) is 0 Å². The van der Waals surface area contributed by atoms with E-state index in [1.165, 1.54) is 51.4 Å². The number of para-hydroxylation sites is 2. The number of carbonyl (C=O) groups excluding carboxylic acids is 1. The van der Waals surface area contributed by atoms with Gasteiger partial charge in [-0.15, -0.1) is 0 Å². The summed E-state index contributed by atoms with van der Waals surface area (Å²) >= 11 is 0. The van der Waals surface area contributed by atoms with Crippen LogP contribution in [-0.4, -0.2) is 16.0 Å². The molecule has 2 rings (SSSR count). The van der Waals surface area contributed by atoms with Gasteiger partial charge in [0.25, 0.3) is 0 Å². The lowest BCUT2D eigenvalue weighted by Crippen LogP contribution is -2.20. The van der Waals surface area contributed by atoms with Crippen molar-refractivity contribution < 1.29 is 4.79 Å². The van der Waals surface area contributed by atoms with Crippen molar-refractivity contribution in [3.05, 3.63) is 30.1 Å². The number of amides is 1. The Kier molecular flexibility index (Phi) is 8.50. The zero-order valence-electron chi connectivity index (χ0n) is 15.8. The van der Waals surface area contributed by atoms with E-state index in [9.17, 15) is 4.79 Å². The molecule has 0 spiro atoms. The number of unbranched alkanes of at least 4 members (excludes halogenated alkanes) is 8. The molecule has 1 aromatic heterocycles. The fourth-order valence-corrected chi connectivity index (χ4v) is 3.42. The van der Waals surface area contributed by atoms with E-state index in [1.807, 2.05) is 19.1 Å². The molecule has 1 amide bonds. The summed E-state index contributed by atoms with van der Waals surface area (Å²) < 4.78 is 2.28. The highest BCUT2D eigenvalue weighted by Gasteiger charge is 2.15. The number of imidazole rings is 1. The second-order valence-corrected chi connectivity index (χ2v) is 6.94. The van der Waals surface area contributed by atoms with Crippen molar-refractivity contribution in [2.75, 3.05) is 0 Å². The Morgan fingerprint density at radius 1 is 1.04 bits per heavy atom. The standard InChI is InChI=1S/C21H33N3O/c1-3-4-5-6-7-8-9-10-13-16-24-20-15-12-11-14-19(20)23-21(24)18(2)22-17-25/h11-12,14-15,17-18H,3-10,13,16H2,1-2H3,(H,22,25). The van der Waals surface area contributed by atoms with Gasteiger partial charge >= 0.3 is 0 Å². The second kappa shape index (κ2) is 10.9. The molecule has 2 aromatic rings. The summed E-state index contributed by atoms with van der Waals surface area (Å²) in [4.78, 5) is 15.5. The van der Waals surface area contributed by atoms with Gasteiger partial charge in [0.05, 0.1) is 17.1 Å². The molecule has 1 N–H and O–H groups in total. The third-order valence-corrected chi connectivity index (χ3v) is 4.87. The van der Waals surface area contributed by atoms with Crippen molar-refractivity contribution in [1.82, 2.24) is 14.9 Å². The topological polar surface area (TPSA) is 46.9 Å². The minimum absolute atomic E-state index is 0.0662. The first kappa shape index (κ1) is 19.5. The molecule has 0 aliphatic rings. The molecule has 1 heterocycles. The van der Waals surface area contributed by atoms with Crippen molar-refractivity contribution in [3.8, 4) is 0 Å². The van der Waals surface area contributed by atoms with E-state index in [0.717, 1.165) is 36.2 Å². The number of benzene rings is 1. The van der Waals surface area contributed by atoms with Crippen molar-refractivity contribution in [1.29, 1.82) is 0 Å². The van der Waals surface area contributed by atoms with Gasteiger partial charge < -0.3 is 9.88 Å². The zero-order chi connectivity index (χ0) is 17.9. The summed E-state index contributed by atoms with van der Waals surface area (Å²) in [5, 5.41) is 2.83. The molecular formula is C21H33N3O. The lowest BCUT2D eigenvalue weighted by Gasteiger charge is -2.14. The second-order valence-electron chi connectivity index (χ2n) is 6.94. The number of hydrogen-bond donors (Lipinski definition) is 1. The fraction of sp³-hybridized carbons (Fsp3) is 0.619. The van der Waals surface area contributed by atoms with Crippen LogP contribution in [0.15, 0.2) is 24.3 Å². The molecule has 0 saturated carbocycles. The highest BCUT2D eigenvalue weighted by molar-refractivity contribution is 5.76. The molecule has 1 atom stereocenters. The summed E-state index contributed by atoms with van der Waals surface area (Å²) in [5.74, 6) is 0.952. The van der Waals surface area contributed by atoms with E-state index in [4.69, 9.17) is 4.98 Å². The van der Waals surface area contributed by atoms with Crippen LogP contribution in [-0.2, 0) is 11.3 Å². The van der Waals surface area contributed by atoms with Crippen LogP contribution in [0, 0.1) is 0 Å². The van der Waals surface area contributed by atoms with Gasteiger partial charge in [0.2, 0.25) is 6.41 Å². The molecule has 0 radical (unpaired) electrons. The maximum absolute atomic E-state index is 10.8. The Labute approximate surface area is 152 Å². The van der Waals surface area contributed by atoms with Gasteiger partial charge in [-0.05, 0) is 25.5 Å². The molecule has 4 heteroatoms. The van der Waals surface area contributed by atoms with Crippen molar-refractivity contribution in [2.24, 2.45) is 0 Å². The number of fused-ring (bicyclic) bond motifs is 1. The third kappa shape index (κ3) is 5.87. The maximum Gasteiger partial charge on any atom is 0.207 e. The highest BCUT2D eigenvalue weighted by atomic mass is 16.1. The van der Waals surface area contributed by atoms with Crippen LogP contribution >= 0.6 is 0 Å². The van der Waals surface area contributed by atoms with E-state index < -0.39 is 0 Å². The molecule has 0 aliphatic heterocycles. The van der Waals surface area contributed by atoms with Gasteiger partial charge in [0.1, 0.15) is 5.82 Å². The van der Waals surface area contributed by atoms with Gasteiger partial charge in [-0.3, -0.25) is 4.79 Å². The quantitative estimate of drug-likeness (QED) is 0.392. The molecule has 0 bridgehead atoms. The van der Waals surface area contributed by atoms with Gasteiger partial charge in [-0.1, -0.05) is 70.4 Å². The van der Waals surface area contributed by atoms with Crippen LogP contribution in [0.3, 0.4) is 0 Å². The molecular weight excluding hydrogens is 310 g/mol.